The van der Waals surface area contributed by atoms with E-state index in [4.69, 9.17) is 9.90 Å². The average molecular weight is 513 g/mol. The molecule has 1 aromatic carbocycles. The van der Waals surface area contributed by atoms with Gasteiger partial charge in [-0.1, -0.05) is 44.2 Å². The molecule has 200 valence electrons. The Kier molecular flexibility index (Phi) is 8.53. The largest absolute Gasteiger partial charge is 0.490 e. The molecular formula is C25H35F3N4O4. The quantitative estimate of drug-likeness (QED) is 0.647. The van der Waals surface area contributed by atoms with E-state index in [1.54, 1.807) is 0 Å². The average Bonchev–Trinajstić information content (AvgIpc) is 3.32. The number of piperidine rings is 1. The zero-order valence-corrected chi connectivity index (χ0v) is 20.9. The molecule has 3 amide bonds. The zero-order chi connectivity index (χ0) is 26.7. The molecule has 3 aliphatic rings. The molecule has 36 heavy (non-hydrogen) atoms. The molecule has 3 fully saturated rings. The Morgan fingerprint density at radius 1 is 1.14 bits per heavy atom. The number of hydrogen-bond donors (Lipinski definition) is 2. The standard InChI is InChI=1S/C23H34N4O2.C2HF3O2/c1-17(2)14-26-15-19-20(16-26)23(25(3)21(19)28)9-11-27(12-10-23)22(29)24-13-18-7-5-4-6-8-18;3-2(4,5)1(6)7/h4-8,17,19-20H,9-16H2,1-3H3,(H,24,29);(H,6,7)/t19-,20+;/m0./s1. The maximum Gasteiger partial charge on any atom is 0.490 e. The van der Waals surface area contributed by atoms with Gasteiger partial charge in [0.2, 0.25) is 5.91 Å². The van der Waals surface area contributed by atoms with E-state index in [1.165, 1.54) is 0 Å². The number of amides is 3. The van der Waals surface area contributed by atoms with Gasteiger partial charge in [-0.05, 0) is 24.3 Å². The van der Waals surface area contributed by atoms with Crippen LogP contribution in [0.25, 0.3) is 0 Å². The summed E-state index contributed by atoms with van der Waals surface area (Å²) in [5.74, 6) is -1.30. The molecule has 0 aromatic heterocycles. The van der Waals surface area contributed by atoms with E-state index in [1.807, 2.05) is 47.2 Å². The van der Waals surface area contributed by atoms with Gasteiger partial charge < -0.3 is 25.1 Å². The van der Waals surface area contributed by atoms with Crippen LogP contribution in [0.4, 0.5) is 18.0 Å². The van der Waals surface area contributed by atoms with Crippen molar-refractivity contribution in [2.75, 3.05) is 39.8 Å². The summed E-state index contributed by atoms with van der Waals surface area (Å²) in [6, 6.07) is 9.99. The minimum Gasteiger partial charge on any atom is -0.475 e. The molecule has 8 nitrogen and oxygen atoms in total. The van der Waals surface area contributed by atoms with Gasteiger partial charge in [0.25, 0.3) is 0 Å². The van der Waals surface area contributed by atoms with E-state index in [0.717, 1.165) is 38.0 Å². The normalized spacial score (nSPS) is 23.5. The van der Waals surface area contributed by atoms with Crippen LogP contribution in [0.1, 0.15) is 32.3 Å². The van der Waals surface area contributed by atoms with Crippen molar-refractivity contribution in [2.24, 2.45) is 17.8 Å². The Morgan fingerprint density at radius 3 is 2.25 bits per heavy atom. The van der Waals surface area contributed by atoms with Gasteiger partial charge in [-0.3, -0.25) is 4.79 Å². The second kappa shape index (κ2) is 11.1. The molecule has 3 aliphatic heterocycles. The Morgan fingerprint density at radius 2 is 1.72 bits per heavy atom. The number of alkyl halides is 3. The van der Waals surface area contributed by atoms with E-state index in [2.05, 4.69) is 24.1 Å². The first-order valence-electron chi connectivity index (χ1n) is 12.2. The second-order valence-electron chi connectivity index (χ2n) is 10.3. The molecular weight excluding hydrogens is 477 g/mol. The second-order valence-corrected chi connectivity index (χ2v) is 10.3. The number of fused-ring (bicyclic) bond motifs is 2. The highest BCUT2D eigenvalue weighted by Gasteiger charge is 2.60. The number of nitrogens with one attached hydrogen (secondary N) is 1. The minimum absolute atomic E-state index is 0.0000795. The van der Waals surface area contributed by atoms with Crippen molar-refractivity contribution < 1.29 is 32.7 Å². The maximum absolute atomic E-state index is 13.0. The van der Waals surface area contributed by atoms with Crippen molar-refractivity contribution in [1.82, 2.24) is 20.0 Å². The number of benzene rings is 1. The number of likely N-dealkylation sites (tertiary alicyclic amines) is 3. The summed E-state index contributed by atoms with van der Waals surface area (Å²) in [7, 11) is 1.98. The number of nitrogens with zero attached hydrogens (tertiary/aromatic N) is 3. The maximum atomic E-state index is 13.0. The Hall–Kier alpha value is -2.82. The minimum atomic E-state index is -5.08. The number of halogens is 3. The van der Waals surface area contributed by atoms with Gasteiger partial charge in [0.05, 0.1) is 11.5 Å². The first-order chi connectivity index (χ1) is 16.8. The zero-order valence-electron chi connectivity index (χ0n) is 20.9. The number of urea groups is 1. The van der Waals surface area contributed by atoms with Crippen LogP contribution in [0.5, 0.6) is 0 Å². The van der Waals surface area contributed by atoms with Crippen molar-refractivity contribution in [3.63, 3.8) is 0 Å². The van der Waals surface area contributed by atoms with Gasteiger partial charge in [0.1, 0.15) is 0 Å². The van der Waals surface area contributed by atoms with Gasteiger partial charge in [-0.15, -0.1) is 0 Å². The molecule has 2 atom stereocenters. The van der Waals surface area contributed by atoms with Crippen molar-refractivity contribution in [2.45, 2.75) is 44.9 Å². The smallest absolute Gasteiger partial charge is 0.475 e. The first kappa shape index (κ1) is 27.8. The molecule has 3 heterocycles. The van der Waals surface area contributed by atoms with E-state index in [9.17, 15) is 22.8 Å². The van der Waals surface area contributed by atoms with Crippen molar-refractivity contribution in [3.8, 4) is 0 Å². The van der Waals surface area contributed by atoms with Crippen LogP contribution in [-0.4, -0.2) is 89.2 Å². The fraction of sp³-hybridized carbons (Fsp3) is 0.640. The molecule has 0 unspecified atom stereocenters. The van der Waals surface area contributed by atoms with Crippen molar-refractivity contribution >= 4 is 17.9 Å². The van der Waals surface area contributed by atoms with E-state index in [0.29, 0.717) is 37.4 Å². The third-order valence-corrected chi connectivity index (χ3v) is 7.47. The van der Waals surface area contributed by atoms with Crippen LogP contribution in [0.15, 0.2) is 30.3 Å². The van der Waals surface area contributed by atoms with Crippen LogP contribution in [0, 0.1) is 17.8 Å². The van der Waals surface area contributed by atoms with Crippen molar-refractivity contribution in [1.29, 1.82) is 0 Å². The highest BCUT2D eigenvalue weighted by molar-refractivity contribution is 5.84. The summed E-state index contributed by atoms with van der Waals surface area (Å²) in [4.78, 5) is 40.9. The Balaban J connectivity index is 0.000000454. The Labute approximate surface area is 209 Å². The lowest BCUT2D eigenvalue weighted by Gasteiger charge is -2.46. The third-order valence-electron chi connectivity index (χ3n) is 7.47. The fourth-order valence-electron chi connectivity index (χ4n) is 5.75. The van der Waals surface area contributed by atoms with Crippen LogP contribution in [0.3, 0.4) is 0 Å². The highest BCUT2D eigenvalue weighted by Crippen LogP contribution is 2.49. The molecule has 3 saturated heterocycles. The molecule has 4 rings (SSSR count). The summed E-state index contributed by atoms with van der Waals surface area (Å²) in [5.41, 5.74) is 1.03. The number of carbonyl (C=O) groups is 3. The number of carboxylic acid groups (broad SMARTS) is 1. The molecule has 1 aromatic rings. The lowest BCUT2D eigenvalue weighted by molar-refractivity contribution is -0.192. The number of hydrogen-bond acceptors (Lipinski definition) is 4. The van der Waals surface area contributed by atoms with Crippen LogP contribution in [-0.2, 0) is 16.1 Å². The van der Waals surface area contributed by atoms with Crippen molar-refractivity contribution in [3.05, 3.63) is 35.9 Å². The van der Waals surface area contributed by atoms with E-state index >= 15 is 0 Å². The predicted octanol–water partition coefficient (Wildman–Crippen LogP) is 3.04. The summed E-state index contributed by atoms with van der Waals surface area (Å²) in [6.07, 6.45) is -3.32. The van der Waals surface area contributed by atoms with Crippen LogP contribution >= 0.6 is 0 Å². The monoisotopic (exact) mass is 512 g/mol. The molecule has 0 bridgehead atoms. The molecule has 11 heteroatoms. The van der Waals surface area contributed by atoms with Crippen LogP contribution in [0.2, 0.25) is 0 Å². The molecule has 0 aliphatic carbocycles. The number of carbonyl (C=O) groups excluding carboxylic acids is 2. The highest BCUT2D eigenvalue weighted by atomic mass is 19.4. The third kappa shape index (κ3) is 6.11. The van der Waals surface area contributed by atoms with Gasteiger partial charge in [0.15, 0.2) is 0 Å². The Bertz CT molecular complexity index is 933. The summed E-state index contributed by atoms with van der Waals surface area (Å²) in [5, 5.41) is 10.2. The van der Waals surface area contributed by atoms with Crippen LogP contribution < -0.4 is 5.32 Å². The van der Waals surface area contributed by atoms with Gasteiger partial charge in [-0.2, -0.15) is 13.2 Å². The lowest BCUT2D eigenvalue weighted by atomic mass is 9.75. The summed E-state index contributed by atoms with van der Waals surface area (Å²) in [6.45, 7) is 9.43. The van der Waals surface area contributed by atoms with Gasteiger partial charge in [0, 0.05) is 52.2 Å². The molecule has 1 spiro atoms. The summed E-state index contributed by atoms with van der Waals surface area (Å²) >= 11 is 0. The molecule has 0 saturated carbocycles. The first-order valence-corrected chi connectivity index (χ1v) is 12.2. The van der Waals surface area contributed by atoms with Gasteiger partial charge >= 0.3 is 18.2 Å². The number of aliphatic carboxylic acids is 1. The number of carboxylic acids is 1. The summed E-state index contributed by atoms with van der Waals surface area (Å²) < 4.78 is 31.7. The number of rotatable bonds is 4. The van der Waals surface area contributed by atoms with Gasteiger partial charge in [-0.25, -0.2) is 9.59 Å². The fourth-order valence-corrected chi connectivity index (χ4v) is 5.75. The topological polar surface area (TPSA) is 93.2 Å². The predicted molar refractivity (Wildman–Crippen MR) is 127 cm³/mol. The van der Waals surface area contributed by atoms with E-state index in [-0.39, 0.29) is 17.5 Å². The lowest BCUT2D eigenvalue weighted by Crippen LogP contribution is -2.57. The molecule has 0 radical (unpaired) electrons. The molecule has 2 N–H and O–H groups in total. The SMILES string of the molecule is CC(C)CN1C[C@@H]2C(=O)N(C)C3(CCN(C(=O)NCc4ccccc4)CC3)[C@@H]2C1.O=C(O)C(F)(F)F. The van der Waals surface area contributed by atoms with E-state index < -0.39 is 12.1 Å².